The summed E-state index contributed by atoms with van der Waals surface area (Å²) in [4.78, 5) is 177. The van der Waals surface area contributed by atoms with Crippen LogP contribution < -0.4 is 75.9 Å². The Balaban J connectivity index is 0.000000214. The largest absolute Gasteiger partial charge is 0.494 e. The minimum Gasteiger partial charge on any atom is -0.494 e. The molecule has 6 aromatic carbocycles. The normalized spacial score (nSPS) is 15.5. The van der Waals surface area contributed by atoms with Gasteiger partial charge in [0.05, 0.1) is 33.0 Å². The molecule has 40 nitrogen and oxygen atoms in total. The Morgan fingerprint density at radius 3 is 1.36 bits per heavy atom. The number of methoxy groups -OCH3 is 2. The first-order chi connectivity index (χ1) is 70.9. The highest BCUT2D eigenvalue weighted by atomic mass is 19.4. The number of alkyl halides is 9. The van der Waals surface area contributed by atoms with Crippen LogP contribution in [0.2, 0.25) is 0 Å². The Labute approximate surface area is 851 Å². The first kappa shape index (κ1) is 113. The summed E-state index contributed by atoms with van der Waals surface area (Å²) in [5.74, 6) is -9.52. The van der Waals surface area contributed by atoms with Crippen molar-refractivity contribution in [3.63, 3.8) is 0 Å². The smallest absolute Gasteiger partial charge is 0.422 e. The van der Waals surface area contributed by atoms with E-state index in [1.807, 2.05) is 27.7 Å². The van der Waals surface area contributed by atoms with E-state index in [-0.39, 0.29) is 151 Å². The lowest BCUT2D eigenvalue weighted by Crippen LogP contribution is -2.48. The summed E-state index contributed by atoms with van der Waals surface area (Å²) in [5.41, 5.74) is 2.69. The number of carboxylic acid groups (broad SMARTS) is 1. The maximum Gasteiger partial charge on any atom is 0.422 e. The van der Waals surface area contributed by atoms with Gasteiger partial charge in [0.1, 0.15) is 58.8 Å². The maximum absolute atomic E-state index is 13.5. The van der Waals surface area contributed by atoms with Gasteiger partial charge in [0, 0.05) is 126 Å². The summed E-state index contributed by atoms with van der Waals surface area (Å²) in [7, 11) is 2.06. The number of benzene rings is 6. The topological polar surface area (TPSA) is 494 Å². The number of amides is 8. The van der Waals surface area contributed by atoms with Crippen LogP contribution in [-0.2, 0) is 73.9 Å². The van der Waals surface area contributed by atoms with E-state index in [9.17, 15) is 102 Å². The fraction of sp³-hybridized carbons (Fsp3) is 0.350. The Morgan fingerprint density at radius 1 is 0.453 bits per heavy atom. The molecule has 12 aliphatic heterocycles. The van der Waals surface area contributed by atoms with Crippen LogP contribution in [0.5, 0.6) is 35.3 Å². The molecular weight excluding hydrogens is 1990 g/mol. The number of nitrogens with zero attached hydrogens (tertiary/aromatic N) is 12. The van der Waals surface area contributed by atoms with Crippen LogP contribution in [0, 0.1) is 22.1 Å². The Hall–Kier alpha value is -17.1. The van der Waals surface area contributed by atoms with E-state index < -0.39 is 149 Å². The van der Waals surface area contributed by atoms with Crippen molar-refractivity contribution in [1.29, 1.82) is 0 Å². The van der Waals surface area contributed by atoms with Crippen LogP contribution >= 0.6 is 0 Å². The number of carbonyl (C=O) groups excluding carboxylic acids is 10. The van der Waals surface area contributed by atoms with E-state index in [0.29, 0.717) is 68.5 Å². The van der Waals surface area contributed by atoms with Gasteiger partial charge < -0.3 is 100 Å². The molecule has 9 N–H and O–H groups in total. The summed E-state index contributed by atoms with van der Waals surface area (Å²) in [6, 6.07) is 42.0. The highest BCUT2D eigenvalue weighted by Gasteiger charge is 2.38. The standard InChI is InChI=1S/C37H37F4N7O5.C33H36F3N7O9.C30H33F3N6O6/c1-23-18-48(33(51)32(50)44-28-12-10-27(38)11-13-28)21-36(2,3)20-43-31(49)26-8-4-24(5-9-26)16-30-45-34(47-35(46-30)53-22-37(39,40)41)42-17-25-6-14-29(15-7-25)52-19-23;1-32(2)17-39-26(44)21-8-11-24(38-16-21)43(28(46)30(48)50-4)25-14-23(40-31(41-25)52-19-33(34,35)36)37-15-20-6-9-22(10-7-20)51-13-5-12-42(18-32)27(45)29(47)49-3;1-29(2)16-35-25(40)20-6-8-21(9-7-20)36-24-14-23(37-28(38-24)45-18-30(31,32)33)34-15-19-4-10-22(11-5-19)44-13-3-12-39(17-29)26(41)27(42)43/h4-15H,1,16-22H2,2-3H3,(H,43,49)(H,44,50)(H,42,45,46,47);6-11,14,16H,5,12-13,15,17-19H2,1-4H3,(H,39,44)(H,37,40,41);4-11,14H,3,12-13,15-18H2,1-2H3,(H,35,40)(H,42,43)(H2,34,36,37,38). The molecular formula is C100H106F10N20O20. The first-order valence-electron chi connectivity index (χ1n) is 46.1. The second kappa shape index (κ2) is 51.3. The van der Waals surface area contributed by atoms with Gasteiger partial charge in [-0.1, -0.05) is 96.7 Å². The molecule has 0 radical (unpaired) electrons. The molecule has 18 bridgehead atoms. The van der Waals surface area contributed by atoms with Gasteiger partial charge in [0.2, 0.25) is 5.95 Å². The summed E-state index contributed by atoms with van der Waals surface area (Å²) in [6.45, 7) is 11.7. The number of aromatic nitrogens is 8. The van der Waals surface area contributed by atoms with E-state index in [1.165, 1.54) is 51.1 Å². The van der Waals surface area contributed by atoms with Crippen LogP contribution in [0.4, 0.5) is 90.3 Å². The van der Waals surface area contributed by atoms with E-state index in [2.05, 4.69) is 98.5 Å². The highest BCUT2D eigenvalue weighted by molar-refractivity contribution is 6.40. The average molecular weight is 2100 g/mol. The fourth-order valence-corrected chi connectivity index (χ4v) is 14.3. The van der Waals surface area contributed by atoms with Gasteiger partial charge in [0.15, 0.2) is 25.6 Å². The quantitative estimate of drug-likeness (QED) is 0.0310. The number of rotatable bonds is 7. The van der Waals surface area contributed by atoms with Crippen molar-refractivity contribution >= 4 is 112 Å². The number of aliphatic carboxylic acids is 1. The maximum atomic E-state index is 13.5. The molecule has 4 aromatic heterocycles. The zero-order valence-electron chi connectivity index (χ0n) is 82.1. The minimum absolute atomic E-state index is 0.00215. The monoisotopic (exact) mass is 2100 g/mol. The van der Waals surface area contributed by atoms with Crippen LogP contribution in [0.3, 0.4) is 0 Å². The predicted molar refractivity (Wildman–Crippen MR) is 520 cm³/mol. The summed E-state index contributed by atoms with van der Waals surface area (Å²) >= 11 is 0. The molecule has 0 unspecified atom stereocenters. The summed E-state index contributed by atoms with van der Waals surface area (Å²) in [5, 5.41) is 32.2. The van der Waals surface area contributed by atoms with E-state index in [0.717, 1.165) is 43.7 Å². The summed E-state index contributed by atoms with van der Waals surface area (Å²) < 4.78 is 171. The van der Waals surface area contributed by atoms with Crippen molar-refractivity contribution in [3.8, 4) is 35.3 Å². The second-order valence-corrected chi connectivity index (χ2v) is 36.3. The van der Waals surface area contributed by atoms with Crippen LogP contribution in [0.25, 0.3) is 0 Å². The van der Waals surface area contributed by atoms with Gasteiger partial charge in [-0.3, -0.25) is 38.4 Å². The number of nitrogens with one attached hydrogen (secondary N) is 8. The zero-order valence-corrected chi connectivity index (χ0v) is 82.1. The molecule has 0 saturated carbocycles. The fourth-order valence-electron chi connectivity index (χ4n) is 14.3. The number of ether oxygens (including phenoxy) is 8. The molecule has 0 aliphatic carbocycles. The lowest BCUT2D eigenvalue weighted by molar-refractivity contribution is -0.158. The van der Waals surface area contributed by atoms with Crippen molar-refractivity contribution in [1.82, 2.24) is 70.5 Å². The van der Waals surface area contributed by atoms with E-state index in [1.54, 1.807) is 135 Å². The number of esters is 2. The van der Waals surface area contributed by atoms with Crippen molar-refractivity contribution in [3.05, 3.63) is 239 Å². The van der Waals surface area contributed by atoms with Crippen molar-refractivity contribution in [2.45, 2.75) is 99.0 Å². The molecule has 0 atom stereocenters. The third-order valence-corrected chi connectivity index (χ3v) is 21.6. The molecule has 0 saturated heterocycles. The second-order valence-electron chi connectivity index (χ2n) is 36.3. The molecule has 50 heteroatoms. The van der Waals surface area contributed by atoms with Crippen molar-refractivity contribution in [2.24, 2.45) is 16.2 Å². The third kappa shape index (κ3) is 36.5. The first-order valence-corrected chi connectivity index (χ1v) is 46.1. The van der Waals surface area contributed by atoms with Gasteiger partial charge in [-0.25, -0.2) is 28.7 Å². The van der Waals surface area contributed by atoms with Gasteiger partial charge in [0.25, 0.3) is 17.7 Å². The molecule has 0 fully saturated rings. The van der Waals surface area contributed by atoms with E-state index >= 15 is 0 Å². The highest BCUT2D eigenvalue weighted by Crippen LogP contribution is 2.33. The van der Waals surface area contributed by atoms with Crippen molar-refractivity contribution in [2.75, 3.05) is 144 Å². The summed E-state index contributed by atoms with van der Waals surface area (Å²) in [6.07, 6.45) is -12.0. The lowest BCUT2D eigenvalue weighted by Gasteiger charge is -2.33. The molecule has 16 heterocycles. The van der Waals surface area contributed by atoms with Crippen LogP contribution in [0.1, 0.15) is 114 Å². The number of anilines is 8. The molecule has 22 rings (SSSR count). The molecule has 0 spiro atoms. The van der Waals surface area contributed by atoms with Gasteiger partial charge in [-0.2, -0.15) is 74.4 Å². The Kier molecular flexibility index (Phi) is 38.7. The predicted octanol–water partition coefficient (Wildman–Crippen LogP) is 12.4. The minimum atomic E-state index is -4.75. The Bertz CT molecular complexity index is 6420. The molecule has 10 aromatic rings. The molecule has 8 amide bonds. The van der Waals surface area contributed by atoms with Gasteiger partial charge >= 0.3 is 84.0 Å². The third-order valence-electron chi connectivity index (χ3n) is 21.6. The number of carboxylic acids is 1. The van der Waals surface area contributed by atoms with E-state index in [4.69, 9.17) is 28.4 Å². The van der Waals surface area contributed by atoms with Crippen LogP contribution in [0.15, 0.2) is 188 Å². The van der Waals surface area contributed by atoms with Gasteiger partial charge in [-0.15, -0.1) is 0 Å². The molecule has 150 heavy (non-hydrogen) atoms. The van der Waals surface area contributed by atoms with Crippen LogP contribution in [-0.4, -0.2) is 256 Å². The number of hydrogen-bond donors (Lipinski definition) is 9. The number of pyridine rings is 1. The van der Waals surface area contributed by atoms with Crippen molar-refractivity contribution < 1.29 is 140 Å². The zero-order chi connectivity index (χ0) is 109. The van der Waals surface area contributed by atoms with Gasteiger partial charge in [-0.05, 0) is 166 Å². The lowest BCUT2D eigenvalue weighted by atomic mass is 9.92. The number of halogens is 10. The average Bonchev–Trinajstić information content (AvgIpc) is 0.793. The molecule has 796 valence electrons. The number of carbonyl (C=O) groups is 11. The Morgan fingerprint density at radius 2 is 0.880 bits per heavy atom. The number of hydrogen-bond acceptors (Lipinski definition) is 31. The molecule has 12 aliphatic rings. The SMILES string of the molecule is C=C1COc2ccc(cc2)CNc2nc(nc(OCC(F)(F)F)n2)Cc2ccc(cc2)C(=O)NCC(C)(C)CN(C(=O)C(=O)Nc2ccc(F)cc2)C1.CC1(C)CNC(=O)c2ccc(cc2)Nc2cc(nc(OCC(F)(F)F)n2)NCc2ccc(cc2)OCCCN(C(=O)C(=O)O)C1.COC(=O)C(=O)N1CCCOc2ccc(cc2)CNc2cc(nc(OCC(F)(F)F)n2)N(C(=O)C(=O)OC)c2ccc(cn2)C(=O)NCC(C)(C)C1.